The number of allylic oxidation sites excluding steroid dienone is 2. The van der Waals surface area contributed by atoms with Crippen molar-refractivity contribution in [1.29, 1.82) is 0 Å². The maximum Gasteiger partial charge on any atom is 1.00 e. The fraction of sp³-hybridized carbons (Fsp3) is 0.417. The summed E-state index contributed by atoms with van der Waals surface area (Å²) in [5.41, 5.74) is 9.81. The van der Waals surface area contributed by atoms with Crippen LogP contribution in [0.1, 0.15) is 24.8 Å². The molecule has 0 saturated carbocycles. The predicted molar refractivity (Wildman–Crippen MR) is 66.8 cm³/mol. The average molecular weight is 258 g/mol. The maximum absolute atomic E-state index is 6.12. The van der Waals surface area contributed by atoms with E-state index >= 15 is 0 Å². The van der Waals surface area contributed by atoms with Gasteiger partial charge in [-0.2, -0.15) is 0 Å². The standard InChI is InChI=1S/C12H14N2OS.Na.H/c1-15-12-14-11-8-3-2-4-9(13)7(8)5-6-10(11)16-12;;/h2-3,9H,4-6,13H2,1H3;;/q;+1;-1/t9-;;/m0../s1. The first-order valence-electron chi connectivity index (χ1n) is 5.49. The summed E-state index contributed by atoms with van der Waals surface area (Å²) in [6, 6.07) is 0.181. The third-order valence-corrected chi connectivity index (χ3v) is 4.27. The third-order valence-electron chi connectivity index (χ3n) is 3.20. The number of ether oxygens (including phenoxy) is 1. The number of fused-ring (bicyclic) bond motifs is 2. The monoisotopic (exact) mass is 258 g/mol. The van der Waals surface area contributed by atoms with Crippen molar-refractivity contribution >= 4 is 16.9 Å². The molecule has 0 radical (unpaired) electrons. The molecule has 2 N–H and O–H groups in total. The minimum absolute atomic E-state index is 0. The molecule has 3 nitrogen and oxygen atoms in total. The number of hydrogen-bond acceptors (Lipinski definition) is 4. The Bertz CT molecular complexity index is 498. The molecule has 0 spiro atoms. The second-order valence-corrected chi connectivity index (χ2v) is 5.19. The van der Waals surface area contributed by atoms with E-state index in [-0.39, 0.29) is 37.0 Å². The van der Waals surface area contributed by atoms with Crippen LogP contribution in [0, 0.1) is 0 Å². The molecule has 0 saturated heterocycles. The molecule has 0 aliphatic heterocycles. The van der Waals surface area contributed by atoms with Crippen LogP contribution in [-0.2, 0) is 6.42 Å². The Hall–Kier alpha value is -0.130. The number of methoxy groups -OCH3 is 1. The molecule has 2 aliphatic carbocycles. The van der Waals surface area contributed by atoms with Crippen molar-refractivity contribution in [1.82, 2.24) is 4.98 Å². The molecule has 86 valence electrons. The van der Waals surface area contributed by atoms with Gasteiger partial charge in [-0.1, -0.05) is 23.5 Å². The van der Waals surface area contributed by atoms with Gasteiger partial charge in [0.2, 0.25) is 0 Å². The molecule has 0 fully saturated rings. The summed E-state index contributed by atoms with van der Waals surface area (Å²) in [6.07, 6.45) is 7.38. The van der Waals surface area contributed by atoms with Crippen LogP contribution in [0.15, 0.2) is 17.7 Å². The first kappa shape index (κ1) is 13.3. The van der Waals surface area contributed by atoms with Gasteiger partial charge in [0.15, 0.2) is 0 Å². The minimum Gasteiger partial charge on any atom is -1.00 e. The van der Waals surface area contributed by atoms with E-state index in [0.29, 0.717) is 0 Å². The van der Waals surface area contributed by atoms with Crippen LogP contribution in [0.2, 0.25) is 0 Å². The Kier molecular flexibility index (Phi) is 4.10. The number of nitrogens with two attached hydrogens (primary N) is 1. The van der Waals surface area contributed by atoms with Crippen LogP contribution in [0.3, 0.4) is 0 Å². The topological polar surface area (TPSA) is 48.1 Å². The third kappa shape index (κ3) is 2.25. The minimum atomic E-state index is 0. The van der Waals surface area contributed by atoms with Crippen molar-refractivity contribution in [3.63, 3.8) is 0 Å². The van der Waals surface area contributed by atoms with Gasteiger partial charge in [0.1, 0.15) is 0 Å². The molecule has 5 heteroatoms. The second-order valence-electron chi connectivity index (χ2n) is 4.14. The Balaban J connectivity index is 0.000000810. The Morgan fingerprint density at radius 1 is 1.53 bits per heavy atom. The van der Waals surface area contributed by atoms with E-state index in [2.05, 4.69) is 17.1 Å². The number of thiazole rings is 1. The van der Waals surface area contributed by atoms with Gasteiger partial charge in [-0.3, -0.25) is 0 Å². The maximum atomic E-state index is 6.12. The largest absolute Gasteiger partial charge is 1.00 e. The van der Waals surface area contributed by atoms with E-state index in [9.17, 15) is 0 Å². The number of nitrogens with zero attached hydrogens (tertiary/aromatic N) is 1. The second kappa shape index (κ2) is 5.24. The van der Waals surface area contributed by atoms with Gasteiger partial charge in [-0.05, 0) is 24.8 Å². The first-order chi connectivity index (χ1) is 7.79. The zero-order valence-electron chi connectivity index (χ0n) is 11.2. The summed E-state index contributed by atoms with van der Waals surface area (Å²) in [5, 5.41) is 0.756. The molecule has 0 amide bonds. The molecule has 2 aliphatic rings. The summed E-state index contributed by atoms with van der Waals surface area (Å²) in [7, 11) is 1.67. The van der Waals surface area contributed by atoms with Crippen LogP contribution in [0.4, 0.5) is 0 Å². The zero-order chi connectivity index (χ0) is 11.1. The van der Waals surface area contributed by atoms with Crippen molar-refractivity contribution < 1.29 is 35.7 Å². The molecule has 1 heterocycles. The van der Waals surface area contributed by atoms with E-state index in [0.717, 1.165) is 30.2 Å². The van der Waals surface area contributed by atoms with Crippen LogP contribution in [0.25, 0.3) is 5.57 Å². The van der Waals surface area contributed by atoms with E-state index in [1.165, 1.54) is 16.0 Å². The molecule has 1 atom stereocenters. The number of hydrogen-bond donors (Lipinski definition) is 1. The van der Waals surface area contributed by atoms with E-state index in [1.807, 2.05) is 0 Å². The molecule has 0 aromatic carbocycles. The quantitative estimate of drug-likeness (QED) is 0.675. The average Bonchev–Trinajstić information content (AvgIpc) is 2.72. The Morgan fingerprint density at radius 3 is 3.12 bits per heavy atom. The van der Waals surface area contributed by atoms with E-state index in [4.69, 9.17) is 10.5 Å². The SMILES string of the molecule is COc1nc2c(s1)CCC1=C2C=CC[C@@H]1N.[H-].[Na+]. The van der Waals surface area contributed by atoms with Gasteiger partial charge in [-0.15, -0.1) is 0 Å². The molecular weight excluding hydrogens is 243 g/mol. The van der Waals surface area contributed by atoms with Crippen molar-refractivity contribution in [2.75, 3.05) is 7.11 Å². The van der Waals surface area contributed by atoms with Crippen LogP contribution in [0.5, 0.6) is 5.19 Å². The van der Waals surface area contributed by atoms with Crippen molar-refractivity contribution in [2.45, 2.75) is 25.3 Å². The molecule has 17 heavy (non-hydrogen) atoms. The molecule has 1 aromatic heterocycles. The smallest absolute Gasteiger partial charge is 1.00 e. The number of aryl methyl sites for hydroxylation is 1. The van der Waals surface area contributed by atoms with Gasteiger partial charge in [0, 0.05) is 16.5 Å². The Labute approximate surface area is 129 Å². The van der Waals surface area contributed by atoms with Crippen molar-refractivity contribution in [3.8, 4) is 5.19 Å². The van der Waals surface area contributed by atoms with Crippen LogP contribution >= 0.6 is 11.3 Å². The Morgan fingerprint density at radius 2 is 2.35 bits per heavy atom. The summed E-state index contributed by atoms with van der Waals surface area (Å²) < 4.78 is 5.20. The van der Waals surface area contributed by atoms with E-state index < -0.39 is 0 Å². The van der Waals surface area contributed by atoms with Crippen LogP contribution < -0.4 is 40.0 Å². The molecule has 0 unspecified atom stereocenters. The molecule has 0 bridgehead atoms. The number of aromatic nitrogens is 1. The number of rotatable bonds is 1. The normalized spacial score (nSPS) is 21.6. The molecule has 1 aromatic rings. The predicted octanol–water partition coefficient (Wildman–Crippen LogP) is -0.745. The molecule has 3 rings (SSSR count). The van der Waals surface area contributed by atoms with Gasteiger partial charge >= 0.3 is 29.6 Å². The van der Waals surface area contributed by atoms with Crippen LogP contribution in [-0.4, -0.2) is 18.1 Å². The van der Waals surface area contributed by atoms with Gasteiger partial charge < -0.3 is 11.9 Å². The summed E-state index contributed by atoms with van der Waals surface area (Å²) in [6.45, 7) is 0. The first-order valence-corrected chi connectivity index (χ1v) is 6.30. The summed E-state index contributed by atoms with van der Waals surface area (Å²) >= 11 is 1.65. The van der Waals surface area contributed by atoms with Gasteiger partial charge in [-0.25, -0.2) is 4.98 Å². The van der Waals surface area contributed by atoms with Crippen molar-refractivity contribution in [3.05, 3.63) is 28.3 Å². The fourth-order valence-corrected chi connectivity index (χ4v) is 3.27. The van der Waals surface area contributed by atoms with Gasteiger partial charge in [0.05, 0.1) is 12.8 Å². The molecular formula is C12H15N2NaOS. The fourth-order valence-electron chi connectivity index (χ4n) is 2.38. The summed E-state index contributed by atoms with van der Waals surface area (Å²) in [5.74, 6) is 0. The summed E-state index contributed by atoms with van der Waals surface area (Å²) in [4.78, 5) is 5.85. The van der Waals surface area contributed by atoms with Gasteiger partial charge in [0.25, 0.3) is 5.19 Å². The van der Waals surface area contributed by atoms with Crippen molar-refractivity contribution in [2.24, 2.45) is 5.73 Å². The van der Waals surface area contributed by atoms with E-state index in [1.54, 1.807) is 18.4 Å². The zero-order valence-corrected chi connectivity index (χ0v) is 13.0.